The SMILES string of the molecule is Cc1ccc(-n2c(SCC(=O)N/N=C/C=C/c3ccccc3)nnc2-c2ccc(C(C)(C)C)cc2)cc1. The van der Waals surface area contributed by atoms with Crippen LogP contribution in [0.25, 0.3) is 23.2 Å². The maximum absolute atomic E-state index is 12.4. The minimum Gasteiger partial charge on any atom is -0.272 e. The van der Waals surface area contributed by atoms with E-state index in [4.69, 9.17) is 0 Å². The van der Waals surface area contributed by atoms with E-state index >= 15 is 0 Å². The molecule has 1 aromatic heterocycles. The number of hydrazone groups is 1. The smallest absolute Gasteiger partial charge is 0.250 e. The molecule has 0 saturated carbocycles. The normalized spacial score (nSPS) is 11.9. The van der Waals surface area contributed by atoms with Crippen LogP contribution in [0.4, 0.5) is 0 Å². The van der Waals surface area contributed by atoms with E-state index in [9.17, 15) is 4.79 Å². The number of benzene rings is 3. The van der Waals surface area contributed by atoms with Gasteiger partial charge in [-0.05, 0) is 41.7 Å². The van der Waals surface area contributed by atoms with Crippen LogP contribution in [-0.4, -0.2) is 32.6 Å². The van der Waals surface area contributed by atoms with E-state index < -0.39 is 0 Å². The fourth-order valence-electron chi connectivity index (χ4n) is 3.63. The van der Waals surface area contributed by atoms with Crippen molar-refractivity contribution in [3.8, 4) is 17.1 Å². The number of allylic oxidation sites excluding steroid dienone is 1. The van der Waals surface area contributed by atoms with Gasteiger partial charge in [-0.15, -0.1) is 10.2 Å². The molecule has 1 heterocycles. The Hall–Kier alpha value is -3.97. The molecule has 1 amide bonds. The standard InChI is InChI=1S/C30H31N5OS/c1-22-12-18-26(19-13-22)35-28(24-14-16-25(17-15-24)30(2,3)4)33-34-29(35)37-21-27(36)32-31-20-8-11-23-9-6-5-7-10-23/h5-20H,21H2,1-4H3,(H,32,36)/b11-8+,31-20+. The van der Waals surface area contributed by atoms with E-state index in [-0.39, 0.29) is 17.1 Å². The predicted molar refractivity (Wildman–Crippen MR) is 153 cm³/mol. The van der Waals surface area contributed by atoms with E-state index in [1.807, 2.05) is 53.1 Å². The van der Waals surface area contributed by atoms with E-state index in [1.54, 1.807) is 12.3 Å². The molecule has 7 heteroatoms. The zero-order valence-corrected chi connectivity index (χ0v) is 22.4. The van der Waals surface area contributed by atoms with Gasteiger partial charge in [0.15, 0.2) is 11.0 Å². The van der Waals surface area contributed by atoms with Crippen LogP contribution >= 0.6 is 11.8 Å². The van der Waals surface area contributed by atoms with E-state index in [2.05, 4.69) is 84.8 Å². The summed E-state index contributed by atoms with van der Waals surface area (Å²) in [5.74, 6) is 0.673. The number of carbonyl (C=O) groups excluding carboxylic acids is 1. The molecule has 0 fully saturated rings. The number of hydrogen-bond acceptors (Lipinski definition) is 5. The van der Waals surface area contributed by atoms with Crippen LogP contribution in [0.1, 0.15) is 37.5 Å². The third-order valence-electron chi connectivity index (χ3n) is 5.71. The highest BCUT2D eigenvalue weighted by Crippen LogP contribution is 2.30. The number of hydrogen-bond donors (Lipinski definition) is 1. The maximum Gasteiger partial charge on any atom is 0.250 e. The first-order chi connectivity index (χ1) is 17.8. The van der Waals surface area contributed by atoms with Crippen molar-refractivity contribution >= 4 is 30.0 Å². The van der Waals surface area contributed by atoms with Gasteiger partial charge < -0.3 is 0 Å². The first kappa shape index (κ1) is 26.1. The molecule has 0 aliphatic rings. The minimum atomic E-state index is -0.219. The number of aromatic nitrogens is 3. The highest BCUT2D eigenvalue weighted by molar-refractivity contribution is 7.99. The Morgan fingerprint density at radius 2 is 1.68 bits per heavy atom. The highest BCUT2D eigenvalue weighted by atomic mass is 32.2. The molecule has 0 saturated heterocycles. The molecule has 0 radical (unpaired) electrons. The van der Waals surface area contributed by atoms with Crippen molar-refractivity contribution in [2.24, 2.45) is 5.10 Å². The summed E-state index contributed by atoms with van der Waals surface area (Å²) in [5.41, 5.74) is 8.02. The second kappa shape index (κ2) is 11.8. The van der Waals surface area contributed by atoms with Gasteiger partial charge in [-0.3, -0.25) is 9.36 Å². The van der Waals surface area contributed by atoms with Gasteiger partial charge in [-0.2, -0.15) is 5.10 Å². The van der Waals surface area contributed by atoms with Gasteiger partial charge in [-0.25, -0.2) is 5.43 Å². The van der Waals surface area contributed by atoms with Gasteiger partial charge >= 0.3 is 0 Å². The average molecular weight is 510 g/mol. The van der Waals surface area contributed by atoms with Crippen molar-refractivity contribution in [2.45, 2.75) is 38.3 Å². The lowest BCUT2D eigenvalue weighted by atomic mass is 9.87. The van der Waals surface area contributed by atoms with Crippen LogP contribution in [0.5, 0.6) is 0 Å². The van der Waals surface area contributed by atoms with Crippen molar-refractivity contribution in [2.75, 3.05) is 5.75 Å². The predicted octanol–water partition coefficient (Wildman–Crippen LogP) is 6.45. The molecule has 3 aromatic carbocycles. The van der Waals surface area contributed by atoms with Gasteiger partial charge in [0.1, 0.15) is 0 Å². The van der Waals surface area contributed by atoms with Crippen LogP contribution in [-0.2, 0) is 10.2 Å². The van der Waals surface area contributed by atoms with Crippen molar-refractivity contribution in [1.82, 2.24) is 20.2 Å². The summed E-state index contributed by atoms with van der Waals surface area (Å²) in [6.45, 7) is 8.64. The Bertz CT molecular complexity index is 1380. The van der Waals surface area contributed by atoms with Gasteiger partial charge in [0.25, 0.3) is 5.91 Å². The van der Waals surface area contributed by atoms with Gasteiger partial charge in [0.2, 0.25) is 0 Å². The zero-order chi connectivity index (χ0) is 26.3. The van der Waals surface area contributed by atoms with Crippen molar-refractivity contribution in [3.63, 3.8) is 0 Å². The highest BCUT2D eigenvalue weighted by Gasteiger charge is 2.19. The Morgan fingerprint density at radius 1 is 0.973 bits per heavy atom. The molecule has 0 spiro atoms. The lowest BCUT2D eigenvalue weighted by Gasteiger charge is -2.19. The summed E-state index contributed by atoms with van der Waals surface area (Å²) < 4.78 is 2.00. The number of carbonyl (C=O) groups is 1. The monoisotopic (exact) mass is 509 g/mol. The van der Waals surface area contributed by atoms with E-state index in [1.165, 1.54) is 22.9 Å². The summed E-state index contributed by atoms with van der Waals surface area (Å²) >= 11 is 1.32. The number of amides is 1. The number of thioether (sulfide) groups is 1. The lowest BCUT2D eigenvalue weighted by molar-refractivity contribution is -0.118. The summed E-state index contributed by atoms with van der Waals surface area (Å²) in [7, 11) is 0. The van der Waals surface area contributed by atoms with Crippen LogP contribution in [0.15, 0.2) is 95.2 Å². The summed E-state index contributed by atoms with van der Waals surface area (Å²) in [6.07, 6.45) is 5.27. The largest absolute Gasteiger partial charge is 0.272 e. The Morgan fingerprint density at radius 3 is 2.35 bits per heavy atom. The zero-order valence-electron chi connectivity index (χ0n) is 21.6. The van der Waals surface area contributed by atoms with Crippen LogP contribution < -0.4 is 5.43 Å². The quantitative estimate of drug-likeness (QED) is 0.168. The molecule has 0 unspecified atom stereocenters. The molecule has 4 aromatic rings. The lowest BCUT2D eigenvalue weighted by Crippen LogP contribution is -2.19. The van der Waals surface area contributed by atoms with Crippen LogP contribution in [0.3, 0.4) is 0 Å². The molecule has 0 atom stereocenters. The molecule has 6 nitrogen and oxygen atoms in total. The molecule has 4 rings (SSSR count). The molecule has 0 bridgehead atoms. The van der Waals surface area contributed by atoms with E-state index in [0.29, 0.717) is 5.16 Å². The molecule has 188 valence electrons. The van der Waals surface area contributed by atoms with Crippen LogP contribution in [0, 0.1) is 6.92 Å². The Kier molecular flexibility index (Phi) is 8.36. The Labute approximate surface area is 222 Å². The van der Waals surface area contributed by atoms with Crippen molar-refractivity contribution in [3.05, 3.63) is 102 Å². The van der Waals surface area contributed by atoms with Gasteiger partial charge in [-0.1, -0.05) is 111 Å². The summed E-state index contributed by atoms with van der Waals surface area (Å²) in [5, 5.41) is 13.6. The molecule has 0 aliphatic carbocycles. The first-order valence-corrected chi connectivity index (χ1v) is 13.1. The number of rotatable bonds is 8. The van der Waals surface area contributed by atoms with Gasteiger partial charge in [0, 0.05) is 17.5 Å². The minimum absolute atomic E-state index is 0.0668. The number of nitrogens with one attached hydrogen (secondary N) is 1. The molecule has 37 heavy (non-hydrogen) atoms. The second-order valence-corrected chi connectivity index (χ2v) is 10.6. The maximum atomic E-state index is 12.4. The van der Waals surface area contributed by atoms with Gasteiger partial charge in [0.05, 0.1) is 5.75 Å². The number of aryl methyl sites for hydroxylation is 1. The third kappa shape index (κ3) is 7.05. The number of nitrogens with zero attached hydrogens (tertiary/aromatic N) is 4. The third-order valence-corrected chi connectivity index (χ3v) is 6.63. The molecular weight excluding hydrogens is 478 g/mol. The fraction of sp³-hybridized carbons (Fsp3) is 0.200. The molecule has 1 N–H and O–H groups in total. The summed E-state index contributed by atoms with van der Waals surface area (Å²) in [4.78, 5) is 12.4. The fourth-order valence-corrected chi connectivity index (χ4v) is 4.37. The summed E-state index contributed by atoms with van der Waals surface area (Å²) in [6, 6.07) is 26.5. The van der Waals surface area contributed by atoms with Crippen molar-refractivity contribution < 1.29 is 4.79 Å². The topological polar surface area (TPSA) is 72.2 Å². The first-order valence-electron chi connectivity index (χ1n) is 12.1. The van der Waals surface area contributed by atoms with Crippen LogP contribution in [0.2, 0.25) is 0 Å². The van der Waals surface area contributed by atoms with Crippen molar-refractivity contribution in [1.29, 1.82) is 0 Å². The van der Waals surface area contributed by atoms with E-state index in [0.717, 1.165) is 22.6 Å². The Balaban J connectivity index is 1.48. The molecule has 0 aliphatic heterocycles. The average Bonchev–Trinajstić information content (AvgIpc) is 3.32. The molecular formula is C30H31N5OS. The second-order valence-electron chi connectivity index (χ2n) is 9.68.